The number of nitrogens with zero attached hydrogens (tertiary/aromatic N) is 3. The molecule has 0 fully saturated rings. The van der Waals surface area contributed by atoms with Crippen LogP contribution < -0.4 is 0 Å². The van der Waals surface area contributed by atoms with Crippen LogP contribution in [0, 0.1) is 0 Å². The average molecular weight is 350 g/mol. The summed E-state index contributed by atoms with van der Waals surface area (Å²) in [4.78, 5) is 4.15. The fraction of sp³-hybridized carbons (Fsp3) is 0.188. The zero-order chi connectivity index (χ0) is 16.6. The number of pyridine rings is 1. The normalized spacial score (nSPS) is 13.6. The predicted octanol–water partition coefficient (Wildman–Crippen LogP) is 3.37. The van der Waals surface area contributed by atoms with Crippen LogP contribution in [0.4, 0.5) is 0 Å². The van der Waals surface area contributed by atoms with Crippen molar-refractivity contribution >= 4 is 27.3 Å². The quantitative estimate of drug-likeness (QED) is 0.725. The van der Waals surface area contributed by atoms with Crippen molar-refractivity contribution in [3.8, 4) is 0 Å². The fourth-order valence-corrected chi connectivity index (χ4v) is 3.95. The lowest BCUT2D eigenvalue weighted by Crippen LogP contribution is -2.30. The molecule has 0 amide bonds. The minimum absolute atomic E-state index is 0.149. The van der Waals surface area contributed by atoms with Gasteiger partial charge in [0.1, 0.15) is 5.65 Å². The summed E-state index contributed by atoms with van der Waals surface area (Å²) in [5.74, 6) is 0. The van der Waals surface area contributed by atoms with Crippen LogP contribution >= 0.6 is 11.6 Å². The number of aromatic nitrogens is 2. The van der Waals surface area contributed by atoms with Gasteiger partial charge in [-0.2, -0.15) is 4.31 Å². The van der Waals surface area contributed by atoms with Gasteiger partial charge in [-0.15, -0.1) is 0 Å². The predicted molar refractivity (Wildman–Crippen MR) is 90.0 cm³/mol. The molecule has 7 heteroatoms. The third-order valence-corrected chi connectivity index (χ3v) is 6.08. The van der Waals surface area contributed by atoms with Crippen molar-refractivity contribution in [2.75, 3.05) is 7.05 Å². The summed E-state index contributed by atoms with van der Waals surface area (Å²) in [7, 11) is -2.11. The Morgan fingerprint density at radius 3 is 2.57 bits per heavy atom. The lowest BCUT2D eigenvalue weighted by atomic mass is 10.1. The SMILES string of the molecule is C[C@@H](c1ccc(Cl)cc1)N(C)S(=O)(=O)c1cnc2ccccn12. The minimum Gasteiger partial charge on any atom is -0.289 e. The molecule has 0 radical (unpaired) electrons. The van der Waals surface area contributed by atoms with E-state index in [1.54, 1.807) is 41.9 Å². The van der Waals surface area contributed by atoms with Crippen LogP contribution in [0.3, 0.4) is 0 Å². The molecule has 0 aliphatic heterocycles. The van der Waals surface area contributed by atoms with Crippen molar-refractivity contribution in [1.29, 1.82) is 0 Å². The molecule has 3 rings (SSSR count). The van der Waals surface area contributed by atoms with E-state index in [0.717, 1.165) is 5.56 Å². The summed E-state index contributed by atoms with van der Waals surface area (Å²) in [5.41, 5.74) is 1.47. The molecule has 2 aromatic heterocycles. The number of halogens is 1. The maximum Gasteiger partial charge on any atom is 0.260 e. The lowest BCUT2D eigenvalue weighted by molar-refractivity contribution is 0.396. The second kappa shape index (κ2) is 5.96. The van der Waals surface area contributed by atoms with E-state index in [0.29, 0.717) is 10.7 Å². The first-order valence-electron chi connectivity index (χ1n) is 7.07. The third-order valence-electron chi connectivity index (χ3n) is 3.92. The molecule has 3 aromatic rings. The van der Waals surface area contributed by atoms with Crippen LogP contribution in [-0.2, 0) is 10.0 Å². The molecule has 0 unspecified atom stereocenters. The number of hydrogen-bond acceptors (Lipinski definition) is 3. The summed E-state index contributed by atoms with van der Waals surface area (Å²) in [6.07, 6.45) is 3.08. The molecular formula is C16H16ClN3O2S. The molecule has 0 N–H and O–H groups in total. The number of imidazole rings is 1. The number of fused-ring (bicyclic) bond motifs is 1. The van der Waals surface area contributed by atoms with Gasteiger partial charge < -0.3 is 0 Å². The molecule has 1 atom stereocenters. The van der Waals surface area contributed by atoms with Gasteiger partial charge in [-0.25, -0.2) is 13.4 Å². The zero-order valence-electron chi connectivity index (χ0n) is 12.7. The van der Waals surface area contributed by atoms with Gasteiger partial charge in [0.25, 0.3) is 10.0 Å². The number of benzene rings is 1. The van der Waals surface area contributed by atoms with Gasteiger partial charge in [-0.1, -0.05) is 29.8 Å². The van der Waals surface area contributed by atoms with E-state index in [-0.39, 0.29) is 11.1 Å². The van der Waals surface area contributed by atoms with E-state index < -0.39 is 10.0 Å². The Hall–Kier alpha value is -1.89. The van der Waals surface area contributed by atoms with Crippen molar-refractivity contribution in [1.82, 2.24) is 13.7 Å². The van der Waals surface area contributed by atoms with E-state index in [9.17, 15) is 8.42 Å². The zero-order valence-corrected chi connectivity index (χ0v) is 14.3. The van der Waals surface area contributed by atoms with Crippen molar-refractivity contribution in [3.05, 3.63) is 65.4 Å². The number of hydrogen-bond donors (Lipinski definition) is 0. The van der Waals surface area contributed by atoms with E-state index >= 15 is 0 Å². The summed E-state index contributed by atoms with van der Waals surface area (Å²) >= 11 is 5.89. The largest absolute Gasteiger partial charge is 0.289 e. The van der Waals surface area contributed by atoms with Crippen LogP contribution in [0.2, 0.25) is 5.02 Å². The van der Waals surface area contributed by atoms with Crippen LogP contribution in [0.15, 0.2) is 59.9 Å². The molecule has 120 valence electrons. The molecule has 0 aliphatic rings. The maximum absolute atomic E-state index is 12.9. The highest BCUT2D eigenvalue weighted by Crippen LogP contribution is 2.26. The molecule has 0 aliphatic carbocycles. The minimum atomic E-state index is -3.68. The molecule has 2 heterocycles. The number of sulfonamides is 1. The summed E-state index contributed by atoms with van der Waals surface area (Å²) in [6.45, 7) is 1.84. The first kappa shape index (κ1) is 16.0. The van der Waals surface area contributed by atoms with Gasteiger partial charge in [0, 0.05) is 24.3 Å². The molecule has 0 saturated carbocycles. The Balaban J connectivity index is 2.00. The molecular weight excluding hydrogens is 334 g/mol. The summed E-state index contributed by atoms with van der Waals surface area (Å²) in [5, 5.41) is 0.768. The second-order valence-electron chi connectivity index (χ2n) is 5.27. The molecule has 0 saturated heterocycles. The van der Waals surface area contributed by atoms with Crippen molar-refractivity contribution in [2.24, 2.45) is 0 Å². The second-order valence-corrected chi connectivity index (χ2v) is 7.65. The Bertz CT molecular complexity index is 935. The average Bonchev–Trinajstić information content (AvgIpc) is 2.99. The van der Waals surface area contributed by atoms with Crippen LogP contribution in [0.5, 0.6) is 0 Å². The van der Waals surface area contributed by atoms with E-state index in [4.69, 9.17) is 11.6 Å². The highest BCUT2D eigenvalue weighted by Gasteiger charge is 2.29. The Morgan fingerprint density at radius 1 is 1.17 bits per heavy atom. The van der Waals surface area contributed by atoms with E-state index in [2.05, 4.69) is 4.98 Å². The van der Waals surface area contributed by atoms with Gasteiger partial charge in [0.05, 0.1) is 6.20 Å². The van der Waals surface area contributed by atoms with Gasteiger partial charge in [-0.3, -0.25) is 4.40 Å². The smallest absolute Gasteiger partial charge is 0.260 e. The Labute approximate surface area is 140 Å². The topological polar surface area (TPSA) is 54.7 Å². The van der Waals surface area contributed by atoms with Crippen LogP contribution in [-0.4, -0.2) is 29.2 Å². The summed E-state index contributed by atoms with van der Waals surface area (Å²) < 4.78 is 28.8. The highest BCUT2D eigenvalue weighted by atomic mass is 35.5. The van der Waals surface area contributed by atoms with Crippen molar-refractivity contribution in [3.63, 3.8) is 0 Å². The Kier molecular flexibility index (Phi) is 4.14. The van der Waals surface area contributed by atoms with Crippen LogP contribution in [0.1, 0.15) is 18.5 Å². The van der Waals surface area contributed by atoms with E-state index in [1.807, 2.05) is 25.1 Å². The molecule has 23 heavy (non-hydrogen) atoms. The standard InChI is InChI=1S/C16H16ClN3O2S/c1-12(13-6-8-14(17)9-7-13)19(2)23(21,22)16-11-18-15-5-3-4-10-20(15)16/h3-12H,1-2H3/t12-/m0/s1. The third kappa shape index (κ3) is 2.85. The van der Waals surface area contributed by atoms with E-state index in [1.165, 1.54) is 10.5 Å². The number of rotatable bonds is 4. The first-order valence-corrected chi connectivity index (χ1v) is 8.88. The lowest BCUT2D eigenvalue weighted by Gasteiger charge is -2.24. The Morgan fingerprint density at radius 2 is 1.87 bits per heavy atom. The highest BCUT2D eigenvalue weighted by molar-refractivity contribution is 7.89. The monoisotopic (exact) mass is 349 g/mol. The fourth-order valence-electron chi connectivity index (χ4n) is 2.41. The molecule has 1 aromatic carbocycles. The van der Waals surface area contributed by atoms with Crippen molar-refractivity contribution in [2.45, 2.75) is 18.0 Å². The van der Waals surface area contributed by atoms with Gasteiger partial charge in [0.2, 0.25) is 0 Å². The van der Waals surface area contributed by atoms with Gasteiger partial charge >= 0.3 is 0 Å². The van der Waals surface area contributed by atoms with Gasteiger partial charge in [0.15, 0.2) is 5.03 Å². The van der Waals surface area contributed by atoms with Gasteiger partial charge in [-0.05, 0) is 36.8 Å². The maximum atomic E-state index is 12.9. The molecule has 0 bridgehead atoms. The first-order chi connectivity index (χ1) is 10.9. The molecule has 5 nitrogen and oxygen atoms in total. The molecule has 0 spiro atoms. The van der Waals surface area contributed by atoms with Crippen molar-refractivity contribution < 1.29 is 8.42 Å². The summed E-state index contributed by atoms with van der Waals surface area (Å²) in [6, 6.07) is 12.2. The van der Waals surface area contributed by atoms with Crippen LogP contribution in [0.25, 0.3) is 5.65 Å².